The molecule has 1 aliphatic heterocycles. The fourth-order valence-electron chi connectivity index (χ4n) is 1.91. The number of unbranched alkanes of at least 4 members (excludes halogenated alkanes) is 1. The number of likely N-dealkylation sites (N-methyl/N-ethyl adjacent to an activating group) is 1. The minimum absolute atomic E-state index is 0.0643. The Labute approximate surface area is 130 Å². The van der Waals surface area contributed by atoms with Crippen LogP contribution in [0.5, 0.6) is 0 Å². The Morgan fingerprint density at radius 3 is 2.50 bits per heavy atom. The van der Waals surface area contributed by atoms with Crippen molar-refractivity contribution < 1.29 is 28.4 Å². The molecule has 0 amide bonds. The normalized spacial score (nSPS) is 16.9. The average molecular weight is 311 g/mol. The van der Waals surface area contributed by atoms with E-state index in [0.29, 0.717) is 32.2 Å². The molecule has 0 bridgehead atoms. The summed E-state index contributed by atoms with van der Waals surface area (Å²) in [4.78, 5) is 35.7. The summed E-state index contributed by atoms with van der Waals surface area (Å²) in [5.74, 6) is -1.05. The van der Waals surface area contributed by atoms with Crippen LogP contribution in [0.25, 0.3) is 0 Å². The first-order valence-electron chi connectivity index (χ1n) is 7.39. The Morgan fingerprint density at radius 2 is 1.91 bits per heavy atom. The molecular formula is C14H22BNO6. The SMILES string of the molecule is CCOC(=O)CCC/C=C/CB1OC(=O)CN(C)CC(=O)O1. The van der Waals surface area contributed by atoms with Gasteiger partial charge in [-0.15, -0.1) is 0 Å². The first-order chi connectivity index (χ1) is 10.5. The molecule has 0 unspecified atom stereocenters. The molecule has 22 heavy (non-hydrogen) atoms. The zero-order valence-corrected chi connectivity index (χ0v) is 13.1. The third kappa shape index (κ3) is 7.83. The standard InChI is InChI=1S/C14H22BNO6/c1-3-20-12(17)8-6-4-5-7-9-15-21-13(18)10-16(2)11-14(19)22-15/h5,7H,3-4,6,8-11H2,1-2H3/b7-5+. The van der Waals surface area contributed by atoms with Crippen molar-refractivity contribution >= 4 is 25.0 Å². The number of rotatable bonds is 7. The molecule has 0 aromatic rings. The van der Waals surface area contributed by atoms with Crippen molar-refractivity contribution in [2.24, 2.45) is 0 Å². The van der Waals surface area contributed by atoms with Gasteiger partial charge in [-0.05, 0) is 26.8 Å². The zero-order chi connectivity index (χ0) is 16.4. The second-order valence-electron chi connectivity index (χ2n) is 4.99. The molecule has 0 spiro atoms. The minimum atomic E-state index is -0.880. The molecule has 1 heterocycles. The molecular weight excluding hydrogens is 289 g/mol. The molecule has 1 rings (SSSR count). The Morgan fingerprint density at radius 1 is 1.27 bits per heavy atom. The molecule has 0 aromatic carbocycles. The van der Waals surface area contributed by atoms with Gasteiger partial charge in [-0.2, -0.15) is 0 Å². The highest BCUT2D eigenvalue weighted by Gasteiger charge is 2.30. The summed E-state index contributed by atoms with van der Waals surface area (Å²) in [7, 11) is 0.766. The van der Waals surface area contributed by atoms with Crippen LogP contribution in [-0.2, 0) is 28.4 Å². The van der Waals surface area contributed by atoms with Gasteiger partial charge in [0.15, 0.2) is 0 Å². The summed E-state index contributed by atoms with van der Waals surface area (Å²) in [5.41, 5.74) is 0. The van der Waals surface area contributed by atoms with Crippen molar-refractivity contribution in [3.8, 4) is 0 Å². The number of hydrogen-bond acceptors (Lipinski definition) is 7. The molecule has 0 atom stereocenters. The van der Waals surface area contributed by atoms with E-state index in [0.717, 1.165) is 0 Å². The van der Waals surface area contributed by atoms with Crippen LogP contribution >= 0.6 is 0 Å². The Balaban J connectivity index is 2.27. The van der Waals surface area contributed by atoms with E-state index in [2.05, 4.69) is 0 Å². The van der Waals surface area contributed by atoms with Crippen LogP contribution in [0.4, 0.5) is 0 Å². The van der Waals surface area contributed by atoms with Gasteiger partial charge in [0.1, 0.15) is 0 Å². The second-order valence-corrected chi connectivity index (χ2v) is 4.99. The minimum Gasteiger partial charge on any atom is -0.498 e. The second kappa shape index (κ2) is 9.99. The van der Waals surface area contributed by atoms with Crippen LogP contribution in [0.2, 0.25) is 6.32 Å². The van der Waals surface area contributed by atoms with Crippen LogP contribution in [-0.4, -0.2) is 56.7 Å². The summed E-state index contributed by atoms with van der Waals surface area (Å²) in [5, 5.41) is 0. The number of ether oxygens (including phenoxy) is 1. The molecule has 0 saturated carbocycles. The smallest absolute Gasteiger partial charge is 0.498 e. The first kappa shape index (κ1) is 18.2. The number of carbonyl (C=O) groups is 3. The van der Waals surface area contributed by atoms with Crippen molar-refractivity contribution in [1.82, 2.24) is 4.90 Å². The fourth-order valence-corrected chi connectivity index (χ4v) is 1.91. The summed E-state index contributed by atoms with van der Waals surface area (Å²) >= 11 is 0. The van der Waals surface area contributed by atoms with Gasteiger partial charge >= 0.3 is 25.0 Å². The molecule has 0 radical (unpaired) electrons. The van der Waals surface area contributed by atoms with E-state index in [9.17, 15) is 14.4 Å². The number of hydrogen-bond donors (Lipinski definition) is 0. The monoisotopic (exact) mass is 311 g/mol. The molecule has 0 N–H and O–H groups in total. The third-order valence-corrected chi connectivity index (χ3v) is 2.88. The van der Waals surface area contributed by atoms with E-state index in [-0.39, 0.29) is 19.1 Å². The number of allylic oxidation sites excluding steroid dienone is 2. The topological polar surface area (TPSA) is 82.1 Å². The Bertz CT molecular complexity index is 406. The van der Waals surface area contributed by atoms with Gasteiger partial charge in [0.25, 0.3) is 0 Å². The number of esters is 1. The number of carbonyl (C=O) groups excluding carboxylic acids is 3. The van der Waals surface area contributed by atoms with Gasteiger partial charge < -0.3 is 14.0 Å². The number of nitrogens with zero attached hydrogens (tertiary/aromatic N) is 1. The first-order valence-corrected chi connectivity index (χ1v) is 7.39. The third-order valence-electron chi connectivity index (χ3n) is 2.88. The van der Waals surface area contributed by atoms with Gasteiger partial charge in [0.2, 0.25) is 0 Å². The average Bonchev–Trinajstić information content (AvgIpc) is 2.40. The summed E-state index contributed by atoms with van der Waals surface area (Å²) in [6, 6.07) is 0. The van der Waals surface area contributed by atoms with E-state index in [1.54, 1.807) is 20.0 Å². The highest BCUT2D eigenvalue weighted by molar-refractivity contribution is 6.49. The molecule has 7 nitrogen and oxygen atoms in total. The van der Waals surface area contributed by atoms with Crippen molar-refractivity contribution in [3.63, 3.8) is 0 Å². The maximum Gasteiger partial charge on any atom is 0.602 e. The van der Waals surface area contributed by atoms with Crippen molar-refractivity contribution in [2.45, 2.75) is 32.5 Å². The zero-order valence-electron chi connectivity index (χ0n) is 13.1. The predicted octanol–water partition coefficient (Wildman–Crippen LogP) is 0.796. The predicted molar refractivity (Wildman–Crippen MR) is 79.9 cm³/mol. The van der Waals surface area contributed by atoms with Crippen LogP contribution in [0.15, 0.2) is 12.2 Å². The quantitative estimate of drug-likeness (QED) is 0.297. The van der Waals surface area contributed by atoms with Gasteiger partial charge in [0.05, 0.1) is 19.7 Å². The maximum absolute atomic E-state index is 11.5. The summed E-state index contributed by atoms with van der Waals surface area (Å²) in [6.07, 6.45) is 5.71. The largest absolute Gasteiger partial charge is 0.602 e. The van der Waals surface area contributed by atoms with Crippen molar-refractivity contribution in [1.29, 1.82) is 0 Å². The highest BCUT2D eigenvalue weighted by atomic mass is 16.6. The van der Waals surface area contributed by atoms with Crippen molar-refractivity contribution in [2.75, 3.05) is 26.7 Å². The van der Waals surface area contributed by atoms with E-state index < -0.39 is 19.1 Å². The van der Waals surface area contributed by atoms with Crippen molar-refractivity contribution in [3.05, 3.63) is 12.2 Å². The maximum atomic E-state index is 11.5. The van der Waals surface area contributed by atoms with Crippen LogP contribution in [0.1, 0.15) is 26.2 Å². The molecule has 122 valence electrons. The van der Waals surface area contributed by atoms with Gasteiger partial charge in [0, 0.05) is 12.7 Å². The van der Waals surface area contributed by atoms with E-state index in [1.807, 2.05) is 6.08 Å². The Kier molecular flexibility index (Phi) is 8.28. The van der Waals surface area contributed by atoms with E-state index in [4.69, 9.17) is 14.0 Å². The molecule has 1 fully saturated rings. The summed E-state index contributed by atoms with van der Waals surface area (Å²) in [6.45, 7) is 2.29. The lowest BCUT2D eigenvalue weighted by Crippen LogP contribution is -2.42. The van der Waals surface area contributed by atoms with E-state index in [1.165, 1.54) is 4.90 Å². The lowest BCUT2D eigenvalue weighted by Gasteiger charge is -2.21. The molecule has 0 aliphatic carbocycles. The summed E-state index contributed by atoms with van der Waals surface area (Å²) < 4.78 is 14.9. The van der Waals surface area contributed by atoms with Gasteiger partial charge in [-0.3, -0.25) is 19.3 Å². The molecule has 1 saturated heterocycles. The van der Waals surface area contributed by atoms with Crippen LogP contribution < -0.4 is 0 Å². The lowest BCUT2D eigenvalue weighted by molar-refractivity contribution is -0.146. The van der Waals surface area contributed by atoms with Crippen LogP contribution in [0, 0.1) is 0 Å². The highest BCUT2D eigenvalue weighted by Crippen LogP contribution is 2.06. The van der Waals surface area contributed by atoms with Crippen LogP contribution in [0.3, 0.4) is 0 Å². The van der Waals surface area contributed by atoms with E-state index >= 15 is 0 Å². The lowest BCUT2D eigenvalue weighted by atomic mass is 9.84. The fraction of sp³-hybridized carbons (Fsp3) is 0.643. The van der Waals surface area contributed by atoms with Gasteiger partial charge in [-0.1, -0.05) is 12.2 Å². The molecule has 8 heteroatoms. The Hall–Kier alpha value is -1.83. The van der Waals surface area contributed by atoms with Gasteiger partial charge in [-0.25, -0.2) is 0 Å². The molecule has 0 aromatic heterocycles. The molecule has 1 aliphatic rings.